The maximum absolute atomic E-state index is 12.4. The van der Waals surface area contributed by atoms with Crippen LogP contribution in [0.3, 0.4) is 0 Å². The van der Waals surface area contributed by atoms with Crippen LogP contribution in [0.5, 0.6) is 0 Å². The molecule has 0 bridgehead atoms. The fourth-order valence-electron chi connectivity index (χ4n) is 2.06. The van der Waals surface area contributed by atoms with Gasteiger partial charge in [-0.15, -0.1) is 11.6 Å². The highest BCUT2D eigenvalue weighted by atomic mass is 79.9. The molecule has 100 valence electrons. The molecule has 6 heteroatoms. The second-order valence-electron chi connectivity index (χ2n) is 4.46. The van der Waals surface area contributed by atoms with Crippen molar-refractivity contribution in [3.8, 4) is 0 Å². The molecule has 1 aromatic carbocycles. The molecule has 18 heavy (non-hydrogen) atoms. The van der Waals surface area contributed by atoms with Crippen LogP contribution in [0.2, 0.25) is 0 Å². The third-order valence-corrected chi connectivity index (χ3v) is 6.12. The van der Waals surface area contributed by atoms with Crippen LogP contribution < -0.4 is 0 Å². The highest BCUT2D eigenvalue weighted by Crippen LogP contribution is 2.25. The smallest absolute Gasteiger partial charge is 0.207 e. The Morgan fingerprint density at radius 2 is 1.78 bits per heavy atom. The van der Waals surface area contributed by atoms with Crippen molar-refractivity contribution in [2.45, 2.75) is 17.7 Å². The average molecular weight is 353 g/mol. The summed E-state index contributed by atoms with van der Waals surface area (Å²) >= 11 is 9.11. The molecule has 0 aromatic heterocycles. The third-order valence-electron chi connectivity index (χ3n) is 3.24. The first kappa shape index (κ1) is 14.3. The maximum Gasteiger partial charge on any atom is 0.243 e. The molecule has 1 fully saturated rings. The van der Waals surface area contributed by atoms with E-state index in [0.717, 1.165) is 17.3 Å². The van der Waals surface area contributed by atoms with E-state index in [4.69, 9.17) is 11.6 Å². The molecule has 1 heterocycles. The van der Waals surface area contributed by atoms with Crippen LogP contribution >= 0.6 is 27.5 Å². The summed E-state index contributed by atoms with van der Waals surface area (Å²) in [5, 5.41) is 0. The van der Waals surface area contributed by atoms with E-state index in [1.165, 1.54) is 0 Å². The van der Waals surface area contributed by atoms with Gasteiger partial charge in [0.1, 0.15) is 0 Å². The molecule has 0 unspecified atom stereocenters. The van der Waals surface area contributed by atoms with Gasteiger partial charge in [-0.1, -0.05) is 15.9 Å². The SMILES string of the molecule is O=S(=O)(c1ccc(Br)cc1)N1CCC(CCl)CC1. The minimum absolute atomic E-state index is 0.357. The van der Waals surface area contributed by atoms with Crippen molar-refractivity contribution in [3.05, 3.63) is 28.7 Å². The first-order valence-corrected chi connectivity index (χ1v) is 8.62. The molecule has 3 nitrogen and oxygen atoms in total. The van der Waals surface area contributed by atoms with Crippen molar-refractivity contribution < 1.29 is 8.42 Å². The average Bonchev–Trinajstić information content (AvgIpc) is 2.39. The van der Waals surface area contributed by atoms with Crippen LogP contribution in [0.15, 0.2) is 33.6 Å². The molecule has 0 radical (unpaired) electrons. The molecule has 1 saturated heterocycles. The monoisotopic (exact) mass is 351 g/mol. The number of hydrogen-bond acceptors (Lipinski definition) is 2. The van der Waals surface area contributed by atoms with E-state index >= 15 is 0 Å². The Labute approximate surface area is 121 Å². The van der Waals surface area contributed by atoms with Gasteiger partial charge in [-0.2, -0.15) is 4.31 Å². The molecule has 1 aliphatic rings. The third kappa shape index (κ3) is 3.07. The topological polar surface area (TPSA) is 37.4 Å². The highest BCUT2D eigenvalue weighted by Gasteiger charge is 2.28. The summed E-state index contributed by atoms with van der Waals surface area (Å²) < 4.78 is 27.2. The lowest BCUT2D eigenvalue weighted by atomic mass is 10.0. The molecule has 1 aromatic rings. The minimum atomic E-state index is -3.34. The Kier molecular flexibility index (Phi) is 4.69. The molecule has 1 aliphatic heterocycles. The molecule has 0 saturated carbocycles. The van der Waals surface area contributed by atoms with Gasteiger partial charge in [0.05, 0.1) is 4.90 Å². The largest absolute Gasteiger partial charge is 0.243 e. The zero-order chi connectivity index (χ0) is 13.2. The van der Waals surface area contributed by atoms with Crippen molar-refractivity contribution in [3.63, 3.8) is 0 Å². The van der Waals surface area contributed by atoms with Crippen LogP contribution in [0.25, 0.3) is 0 Å². The first-order valence-electron chi connectivity index (χ1n) is 5.85. The predicted octanol–water partition coefficient (Wildman–Crippen LogP) is 3.09. The van der Waals surface area contributed by atoms with E-state index in [2.05, 4.69) is 15.9 Å². The van der Waals surface area contributed by atoms with Crippen LogP contribution in [0.4, 0.5) is 0 Å². The van der Waals surface area contributed by atoms with Gasteiger partial charge in [0, 0.05) is 23.4 Å². The van der Waals surface area contributed by atoms with E-state index in [0.29, 0.717) is 29.8 Å². The molecule has 0 amide bonds. The molecule has 0 spiro atoms. The van der Waals surface area contributed by atoms with Gasteiger partial charge >= 0.3 is 0 Å². The lowest BCUT2D eigenvalue weighted by molar-refractivity contribution is 0.290. The van der Waals surface area contributed by atoms with Crippen molar-refractivity contribution in [1.29, 1.82) is 0 Å². The van der Waals surface area contributed by atoms with E-state index in [1.54, 1.807) is 28.6 Å². The number of hydrogen-bond donors (Lipinski definition) is 0. The van der Waals surface area contributed by atoms with E-state index in [1.807, 2.05) is 0 Å². The molecular formula is C12H15BrClNO2S. The highest BCUT2D eigenvalue weighted by molar-refractivity contribution is 9.10. The number of benzene rings is 1. The zero-order valence-corrected chi connectivity index (χ0v) is 13.0. The van der Waals surface area contributed by atoms with Gasteiger partial charge in [-0.3, -0.25) is 0 Å². The van der Waals surface area contributed by atoms with Crippen molar-refractivity contribution >= 4 is 37.6 Å². The number of nitrogens with zero attached hydrogens (tertiary/aromatic N) is 1. The summed E-state index contributed by atoms with van der Waals surface area (Å²) in [4.78, 5) is 0.357. The lowest BCUT2D eigenvalue weighted by Crippen LogP contribution is -2.38. The summed E-state index contributed by atoms with van der Waals surface area (Å²) in [7, 11) is -3.34. The van der Waals surface area contributed by atoms with Crippen molar-refractivity contribution in [1.82, 2.24) is 4.31 Å². The Bertz CT molecular complexity index is 495. The molecule has 0 atom stereocenters. The number of halogens is 2. The van der Waals surface area contributed by atoms with Crippen LogP contribution in [-0.4, -0.2) is 31.7 Å². The summed E-state index contributed by atoms with van der Waals surface area (Å²) in [6.07, 6.45) is 1.69. The second-order valence-corrected chi connectivity index (χ2v) is 7.62. The zero-order valence-electron chi connectivity index (χ0n) is 9.85. The Hall–Kier alpha value is -0.100. The predicted molar refractivity (Wildman–Crippen MR) is 76.3 cm³/mol. The summed E-state index contributed by atoms with van der Waals surface area (Å²) in [6.45, 7) is 1.13. The molecule has 0 N–H and O–H groups in total. The minimum Gasteiger partial charge on any atom is -0.207 e. The second kappa shape index (κ2) is 5.90. The number of sulfonamides is 1. The van der Waals surface area contributed by atoms with Gasteiger partial charge in [0.2, 0.25) is 10.0 Å². The lowest BCUT2D eigenvalue weighted by Gasteiger charge is -2.30. The normalized spacial score (nSPS) is 19.0. The summed E-state index contributed by atoms with van der Waals surface area (Å²) in [5.74, 6) is 1.06. The van der Waals surface area contributed by atoms with Gasteiger partial charge < -0.3 is 0 Å². The van der Waals surface area contributed by atoms with Crippen molar-refractivity contribution in [2.75, 3.05) is 19.0 Å². The summed E-state index contributed by atoms with van der Waals surface area (Å²) in [6, 6.07) is 6.76. The van der Waals surface area contributed by atoms with Gasteiger partial charge in [-0.25, -0.2) is 8.42 Å². The van der Waals surface area contributed by atoms with Gasteiger partial charge in [0.15, 0.2) is 0 Å². The van der Waals surface area contributed by atoms with Crippen LogP contribution in [0, 0.1) is 5.92 Å². The van der Waals surface area contributed by atoms with E-state index in [9.17, 15) is 8.42 Å². The number of piperidine rings is 1. The quantitative estimate of drug-likeness (QED) is 0.784. The fraction of sp³-hybridized carbons (Fsp3) is 0.500. The Morgan fingerprint density at radius 3 is 2.28 bits per heavy atom. The fourth-order valence-corrected chi connectivity index (χ4v) is 4.10. The van der Waals surface area contributed by atoms with E-state index in [-0.39, 0.29) is 0 Å². The maximum atomic E-state index is 12.4. The summed E-state index contributed by atoms with van der Waals surface area (Å²) in [5.41, 5.74) is 0. The van der Waals surface area contributed by atoms with Gasteiger partial charge in [-0.05, 0) is 43.0 Å². The molecule has 2 rings (SSSR count). The number of rotatable bonds is 3. The van der Waals surface area contributed by atoms with Crippen molar-refractivity contribution in [2.24, 2.45) is 5.92 Å². The van der Waals surface area contributed by atoms with Gasteiger partial charge in [0.25, 0.3) is 0 Å². The van der Waals surface area contributed by atoms with E-state index < -0.39 is 10.0 Å². The van der Waals surface area contributed by atoms with Crippen LogP contribution in [0.1, 0.15) is 12.8 Å². The molecule has 0 aliphatic carbocycles. The molecular weight excluding hydrogens is 338 g/mol. The standard InChI is InChI=1S/C12H15BrClNO2S/c13-11-1-3-12(4-2-11)18(16,17)15-7-5-10(9-14)6-8-15/h1-4,10H,5-9H2. The van der Waals surface area contributed by atoms with Crippen LogP contribution in [-0.2, 0) is 10.0 Å². The first-order chi connectivity index (χ1) is 8.54. The Balaban J connectivity index is 2.15. The number of alkyl halides is 1. The Morgan fingerprint density at radius 1 is 1.22 bits per heavy atom.